The van der Waals surface area contributed by atoms with Crippen LogP contribution in [0.1, 0.15) is 57.6 Å². The standard InChI is InChI=1S/C29H37NO3/c1-4-7-17-32-27-13-9-23(10-14-27)19-25-21-30(6-3)22-26(29(25)31)20-24-11-15-28(16-12-24)33-18-8-5-2/h9-16,19-20H,4-8,17-18,21-22H2,1-3H3/b25-19-,26-20-. The first-order chi connectivity index (χ1) is 16.1. The molecule has 0 amide bonds. The van der Waals surface area contributed by atoms with Gasteiger partial charge in [0.25, 0.3) is 0 Å². The monoisotopic (exact) mass is 447 g/mol. The van der Waals surface area contributed by atoms with Crippen molar-refractivity contribution < 1.29 is 14.3 Å². The minimum absolute atomic E-state index is 0.131. The summed E-state index contributed by atoms with van der Waals surface area (Å²) in [6.07, 6.45) is 8.37. The van der Waals surface area contributed by atoms with Gasteiger partial charge < -0.3 is 9.47 Å². The number of benzene rings is 2. The van der Waals surface area contributed by atoms with Crippen LogP contribution in [0.2, 0.25) is 0 Å². The Kier molecular flexibility index (Phi) is 9.77. The zero-order chi connectivity index (χ0) is 23.5. The summed E-state index contributed by atoms with van der Waals surface area (Å²) in [7, 11) is 0. The Morgan fingerprint density at radius 2 is 1.15 bits per heavy atom. The van der Waals surface area contributed by atoms with Crippen LogP contribution in [-0.2, 0) is 4.79 Å². The normalized spacial score (nSPS) is 17.0. The fraction of sp³-hybridized carbons (Fsp3) is 0.414. The number of piperidine rings is 1. The van der Waals surface area contributed by atoms with Crippen LogP contribution in [0, 0.1) is 0 Å². The third-order valence-corrected chi connectivity index (χ3v) is 5.79. The first-order valence-electron chi connectivity index (χ1n) is 12.3. The number of likely N-dealkylation sites (tertiary alicyclic amines) is 1. The molecule has 2 aromatic rings. The van der Waals surface area contributed by atoms with Crippen LogP contribution in [0.4, 0.5) is 0 Å². The van der Waals surface area contributed by atoms with Gasteiger partial charge in [-0.15, -0.1) is 0 Å². The quantitative estimate of drug-likeness (QED) is 0.294. The molecule has 0 saturated carbocycles. The van der Waals surface area contributed by atoms with Gasteiger partial charge >= 0.3 is 0 Å². The van der Waals surface area contributed by atoms with E-state index >= 15 is 0 Å². The van der Waals surface area contributed by atoms with Gasteiger partial charge in [0, 0.05) is 24.2 Å². The molecule has 176 valence electrons. The van der Waals surface area contributed by atoms with Gasteiger partial charge in [-0.1, -0.05) is 57.9 Å². The van der Waals surface area contributed by atoms with E-state index in [2.05, 4.69) is 25.7 Å². The molecular formula is C29H37NO3. The first kappa shape index (κ1) is 24.8. The summed E-state index contributed by atoms with van der Waals surface area (Å²) in [4.78, 5) is 15.6. The average molecular weight is 448 g/mol. The van der Waals surface area contributed by atoms with Crippen molar-refractivity contribution in [2.45, 2.75) is 46.5 Å². The highest BCUT2D eigenvalue weighted by atomic mass is 16.5. The summed E-state index contributed by atoms with van der Waals surface area (Å²) < 4.78 is 11.5. The van der Waals surface area contributed by atoms with E-state index < -0.39 is 0 Å². The number of hydrogen-bond donors (Lipinski definition) is 0. The summed E-state index contributed by atoms with van der Waals surface area (Å²) in [6, 6.07) is 16.0. The predicted molar refractivity (Wildman–Crippen MR) is 137 cm³/mol. The third-order valence-electron chi connectivity index (χ3n) is 5.79. The van der Waals surface area contributed by atoms with Gasteiger partial charge in [-0.2, -0.15) is 0 Å². The molecule has 1 saturated heterocycles. The van der Waals surface area contributed by atoms with Gasteiger partial charge in [-0.3, -0.25) is 9.69 Å². The van der Waals surface area contributed by atoms with Crippen molar-refractivity contribution in [1.82, 2.24) is 4.90 Å². The largest absolute Gasteiger partial charge is 0.494 e. The number of ether oxygens (including phenoxy) is 2. The smallest absolute Gasteiger partial charge is 0.187 e. The van der Waals surface area contributed by atoms with Crippen molar-refractivity contribution in [3.05, 3.63) is 70.8 Å². The summed E-state index contributed by atoms with van der Waals surface area (Å²) in [6.45, 7) is 10.2. The van der Waals surface area contributed by atoms with E-state index in [0.29, 0.717) is 13.1 Å². The van der Waals surface area contributed by atoms with Crippen molar-refractivity contribution in [2.75, 3.05) is 32.8 Å². The molecule has 3 rings (SSSR count). The summed E-state index contributed by atoms with van der Waals surface area (Å²) >= 11 is 0. The number of rotatable bonds is 11. The lowest BCUT2D eigenvalue weighted by molar-refractivity contribution is -0.113. The topological polar surface area (TPSA) is 38.8 Å². The lowest BCUT2D eigenvalue weighted by Crippen LogP contribution is -2.37. The molecule has 4 nitrogen and oxygen atoms in total. The van der Waals surface area contributed by atoms with E-state index in [1.54, 1.807) is 0 Å². The highest BCUT2D eigenvalue weighted by Gasteiger charge is 2.25. The molecule has 0 aromatic heterocycles. The van der Waals surface area contributed by atoms with Crippen LogP contribution in [0.15, 0.2) is 59.7 Å². The molecule has 0 radical (unpaired) electrons. The van der Waals surface area contributed by atoms with Gasteiger partial charge in [0.05, 0.1) is 13.2 Å². The van der Waals surface area contributed by atoms with E-state index in [9.17, 15) is 4.79 Å². The van der Waals surface area contributed by atoms with Gasteiger partial charge in [-0.25, -0.2) is 0 Å². The second-order valence-electron chi connectivity index (χ2n) is 8.51. The van der Waals surface area contributed by atoms with E-state index in [4.69, 9.17) is 9.47 Å². The van der Waals surface area contributed by atoms with E-state index in [1.165, 1.54) is 0 Å². The molecule has 1 heterocycles. The second kappa shape index (κ2) is 13.0. The van der Waals surface area contributed by atoms with Gasteiger partial charge in [0.1, 0.15) is 11.5 Å². The maximum absolute atomic E-state index is 13.3. The second-order valence-corrected chi connectivity index (χ2v) is 8.51. The van der Waals surface area contributed by atoms with Crippen LogP contribution in [0.5, 0.6) is 11.5 Å². The number of ketones is 1. The van der Waals surface area contributed by atoms with Crippen LogP contribution >= 0.6 is 0 Å². The molecule has 1 fully saturated rings. The van der Waals surface area contributed by atoms with Crippen LogP contribution < -0.4 is 9.47 Å². The Labute approximate surface area is 198 Å². The average Bonchev–Trinajstić information content (AvgIpc) is 2.84. The van der Waals surface area contributed by atoms with Crippen molar-refractivity contribution >= 4 is 17.9 Å². The molecule has 2 aromatic carbocycles. The molecule has 1 aliphatic rings. The molecular weight excluding hydrogens is 410 g/mol. The summed E-state index contributed by atoms with van der Waals surface area (Å²) in [5, 5.41) is 0. The van der Waals surface area contributed by atoms with E-state index in [0.717, 1.165) is 79.2 Å². The molecule has 0 aliphatic carbocycles. The van der Waals surface area contributed by atoms with Gasteiger partial charge in [0.2, 0.25) is 0 Å². The Bertz CT molecular complexity index is 866. The third kappa shape index (κ3) is 7.61. The maximum Gasteiger partial charge on any atom is 0.187 e. The summed E-state index contributed by atoms with van der Waals surface area (Å²) in [5.41, 5.74) is 3.70. The van der Waals surface area contributed by atoms with Crippen molar-refractivity contribution in [2.24, 2.45) is 0 Å². The van der Waals surface area contributed by atoms with Crippen molar-refractivity contribution in [1.29, 1.82) is 0 Å². The molecule has 0 spiro atoms. The number of unbranched alkanes of at least 4 members (excludes halogenated alkanes) is 2. The SMILES string of the molecule is CCCCOc1ccc(/C=C2/CN(CC)C/C(=C/c3ccc(OCCCC)cc3)C2=O)cc1. The zero-order valence-electron chi connectivity index (χ0n) is 20.3. The van der Waals surface area contributed by atoms with Gasteiger partial charge in [-0.05, 0) is 66.9 Å². The number of carbonyl (C=O) groups is 1. The maximum atomic E-state index is 13.3. The molecule has 0 atom stereocenters. The Morgan fingerprint density at radius 1 is 0.727 bits per heavy atom. The minimum Gasteiger partial charge on any atom is -0.494 e. The van der Waals surface area contributed by atoms with Crippen LogP contribution in [0.3, 0.4) is 0 Å². The van der Waals surface area contributed by atoms with E-state index in [-0.39, 0.29) is 5.78 Å². The van der Waals surface area contributed by atoms with E-state index in [1.807, 2.05) is 60.7 Å². The molecule has 4 heteroatoms. The fourth-order valence-electron chi connectivity index (χ4n) is 3.73. The molecule has 0 N–H and O–H groups in total. The zero-order valence-corrected chi connectivity index (χ0v) is 20.3. The molecule has 0 unspecified atom stereocenters. The Morgan fingerprint density at radius 3 is 1.52 bits per heavy atom. The van der Waals surface area contributed by atoms with Crippen molar-refractivity contribution in [3.63, 3.8) is 0 Å². The first-order valence-corrected chi connectivity index (χ1v) is 12.3. The highest BCUT2D eigenvalue weighted by Crippen LogP contribution is 2.24. The fourth-order valence-corrected chi connectivity index (χ4v) is 3.73. The highest BCUT2D eigenvalue weighted by molar-refractivity contribution is 6.14. The lowest BCUT2D eigenvalue weighted by atomic mass is 9.94. The Hall–Kier alpha value is -2.85. The lowest BCUT2D eigenvalue weighted by Gasteiger charge is -2.28. The van der Waals surface area contributed by atoms with Gasteiger partial charge in [0.15, 0.2) is 5.78 Å². The summed E-state index contributed by atoms with van der Waals surface area (Å²) in [5.74, 6) is 1.88. The molecule has 1 aliphatic heterocycles. The predicted octanol–water partition coefficient (Wildman–Crippen LogP) is 6.42. The number of nitrogens with zero attached hydrogens (tertiary/aromatic N) is 1. The van der Waals surface area contributed by atoms with Crippen LogP contribution in [0.25, 0.3) is 12.2 Å². The number of hydrogen-bond acceptors (Lipinski definition) is 4. The number of carbonyl (C=O) groups excluding carboxylic acids is 1. The minimum atomic E-state index is 0.131. The van der Waals surface area contributed by atoms with Crippen molar-refractivity contribution in [3.8, 4) is 11.5 Å². The number of Topliss-reactive ketones (excluding diaryl/α,β-unsaturated/α-hetero) is 1. The number of likely N-dealkylation sites (N-methyl/N-ethyl adjacent to an activating group) is 1. The van der Waals surface area contributed by atoms with Crippen LogP contribution in [-0.4, -0.2) is 43.5 Å². The molecule has 33 heavy (non-hydrogen) atoms. The molecule has 0 bridgehead atoms. The Balaban J connectivity index is 1.73.